The predicted molar refractivity (Wildman–Crippen MR) is 59.5 cm³/mol. The largest absolute Gasteiger partial charge is 0.459 e. The minimum atomic E-state index is -0.341. The van der Waals surface area contributed by atoms with Crippen molar-refractivity contribution in [3.05, 3.63) is 35.9 Å². The van der Waals surface area contributed by atoms with Gasteiger partial charge in [0.25, 0.3) is 0 Å². The van der Waals surface area contributed by atoms with Crippen molar-refractivity contribution in [1.82, 2.24) is 0 Å². The van der Waals surface area contributed by atoms with E-state index in [0.29, 0.717) is 6.61 Å². The van der Waals surface area contributed by atoms with Crippen LogP contribution in [-0.4, -0.2) is 19.7 Å². The lowest BCUT2D eigenvalue weighted by Gasteiger charge is -2.03. The maximum absolute atomic E-state index is 10.9. The molecule has 0 fully saturated rings. The van der Waals surface area contributed by atoms with Gasteiger partial charge in [0.15, 0.2) is 0 Å². The van der Waals surface area contributed by atoms with Gasteiger partial charge < -0.3 is 9.47 Å². The highest BCUT2D eigenvalue weighted by atomic mass is 16.6. The van der Waals surface area contributed by atoms with Crippen molar-refractivity contribution in [3.63, 3.8) is 0 Å². The Kier molecular flexibility index (Phi) is 8.39. The Bertz CT molecular complexity index is 257. The van der Waals surface area contributed by atoms with E-state index >= 15 is 0 Å². The molecule has 3 heteroatoms. The molecule has 1 aromatic rings. The Hall–Kier alpha value is -1.35. The Morgan fingerprint density at radius 2 is 1.80 bits per heavy atom. The smallest absolute Gasteiger partial charge is 0.332 e. The third-order valence-electron chi connectivity index (χ3n) is 1.50. The quantitative estimate of drug-likeness (QED) is 0.716. The van der Waals surface area contributed by atoms with Crippen LogP contribution >= 0.6 is 0 Å². The van der Waals surface area contributed by atoms with Gasteiger partial charge in [-0.1, -0.05) is 44.2 Å². The van der Waals surface area contributed by atoms with Crippen LogP contribution in [0.5, 0.6) is 0 Å². The number of carbonyl (C=O) groups excluding carboxylic acids is 1. The van der Waals surface area contributed by atoms with Crippen LogP contribution in [0.2, 0.25) is 0 Å². The molecule has 0 N–H and O–H groups in total. The molecule has 0 unspecified atom stereocenters. The molecule has 0 saturated heterocycles. The number of methoxy groups -OCH3 is 1. The van der Waals surface area contributed by atoms with E-state index in [1.54, 1.807) is 0 Å². The molecular weight excluding hydrogens is 192 g/mol. The minimum absolute atomic E-state index is 0.00678. The highest BCUT2D eigenvalue weighted by Crippen LogP contribution is 2.00. The van der Waals surface area contributed by atoms with Gasteiger partial charge in [-0.25, -0.2) is 4.79 Å². The van der Waals surface area contributed by atoms with Crippen LogP contribution < -0.4 is 0 Å². The van der Waals surface area contributed by atoms with E-state index in [4.69, 9.17) is 4.74 Å². The lowest BCUT2D eigenvalue weighted by Crippen LogP contribution is -2.10. The summed E-state index contributed by atoms with van der Waals surface area (Å²) in [5.41, 5.74) is 0.979. The molecule has 1 aromatic carbocycles. The molecule has 15 heavy (non-hydrogen) atoms. The fraction of sp³-hybridized carbons (Fsp3) is 0.417. The molecule has 0 bridgehead atoms. The van der Waals surface area contributed by atoms with Gasteiger partial charge in [-0.2, -0.15) is 0 Å². The second kappa shape index (κ2) is 9.21. The molecule has 0 aromatic heterocycles. The molecule has 0 aliphatic heterocycles. The number of benzene rings is 1. The second-order valence-electron chi connectivity index (χ2n) is 2.58. The van der Waals surface area contributed by atoms with E-state index in [1.807, 2.05) is 44.2 Å². The zero-order valence-corrected chi connectivity index (χ0v) is 9.53. The topological polar surface area (TPSA) is 35.5 Å². The zero-order valence-electron chi connectivity index (χ0n) is 9.53. The van der Waals surface area contributed by atoms with Crippen LogP contribution in [0, 0.1) is 0 Å². The third-order valence-corrected chi connectivity index (χ3v) is 1.50. The first-order valence-corrected chi connectivity index (χ1v) is 5.01. The summed E-state index contributed by atoms with van der Waals surface area (Å²) in [5, 5.41) is 0. The number of rotatable bonds is 4. The highest BCUT2D eigenvalue weighted by Gasteiger charge is 2.00. The summed E-state index contributed by atoms with van der Waals surface area (Å²) >= 11 is 0. The number of esters is 1. The Balaban J connectivity index is 0.000000921. The molecule has 0 radical (unpaired) electrons. The van der Waals surface area contributed by atoms with Crippen molar-refractivity contribution < 1.29 is 14.3 Å². The van der Waals surface area contributed by atoms with Gasteiger partial charge in [-0.15, -0.1) is 0 Å². The van der Waals surface area contributed by atoms with Gasteiger partial charge in [0.1, 0.15) is 13.2 Å². The summed E-state index contributed by atoms with van der Waals surface area (Å²) in [5.74, 6) is -0.341. The standard InChI is InChI=1S/C10H12O3.C2H6/c1-12-8-10(11)13-7-9-5-3-2-4-6-9;1-2/h2-6H,7-8H2,1H3;1-2H3. The highest BCUT2D eigenvalue weighted by molar-refractivity contribution is 5.70. The third kappa shape index (κ3) is 6.69. The number of carbonyl (C=O) groups is 1. The summed E-state index contributed by atoms with van der Waals surface area (Å²) in [7, 11) is 1.46. The molecule has 84 valence electrons. The van der Waals surface area contributed by atoms with Crippen LogP contribution in [0.3, 0.4) is 0 Å². The van der Waals surface area contributed by atoms with Gasteiger partial charge >= 0.3 is 5.97 Å². The molecular formula is C12H18O3. The van der Waals surface area contributed by atoms with Gasteiger partial charge in [-0.3, -0.25) is 0 Å². The van der Waals surface area contributed by atoms with Crippen LogP contribution in [0.15, 0.2) is 30.3 Å². The average Bonchev–Trinajstić information content (AvgIpc) is 2.31. The summed E-state index contributed by atoms with van der Waals surface area (Å²) < 4.78 is 9.52. The SMILES string of the molecule is CC.COCC(=O)OCc1ccccc1. The van der Waals surface area contributed by atoms with Crippen molar-refractivity contribution in [2.24, 2.45) is 0 Å². The van der Waals surface area contributed by atoms with Crippen molar-refractivity contribution in [3.8, 4) is 0 Å². The number of hydrogen-bond acceptors (Lipinski definition) is 3. The van der Waals surface area contributed by atoms with Gasteiger partial charge in [0.2, 0.25) is 0 Å². The van der Waals surface area contributed by atoms with E-state index in [1.165, 1.54) is 7.11 Å². The molecule has 0 aliphatic rings. The molecule has 0 saturated carbocycles. The minimum Gasteiger partial charge on any atom is -0.459 e. The summed E-state index contributed by atoms with van der Waals surface area (Å²) in [6.45, 7) is 4.32. The van der Waals surface area contributed by atoms with E-state index in [2.05, 4.69) is 4.74 Å². The van der Waals surface area contributed by atoms with Gasteiger partial charge in [0.05, 0.1) is 0 Å². The number of ether oxygens (including phenoxy) is 2. The fourth-order valence-corrected chi connectivity index (χ4v) is 0.898. The first-order valence-electron chi connectivity index (χ1n) is 5.01. The molecule has 0 aliphatic carbocycles. The normalized spacial score (nSPS) is 8.73. The van der Waals surface area contributed by atoms with Crippen molar-refractivity contribution in [1.29, 1.82) is 0 Å². The summed E-state index contributed by atoms with van der Waals surface area (Å²) in [6.07, 6.45) is 0. The van der Waals surface area contributed by atoms with E-state index < -0.39 is 0 Å². The van der Waals surface area contributed by atoms with E-state index in [9.17, 15) is 4.79 Å². The van der Waals surface area contributed by atoms with Gasteiger partial charge in [0, 0.05) is 7.11 Å². The summed E-state index contributed by atoms with van der Waals surface area (Å²) in [6, 6.07) is 9.53. The zero-order chi connectivity index (χ0) is 11.5. The fourth-order valence-electron chi connectivity index (χ4n) is 0.898. The van der Waals surface area contributed by atoms with E-state index in [-0.39, 0.29) is 12.6 Å². The van der Waals surface area contributed by atoms with Gasteiger partial charge in [-0.05, 0) is 5.56 Å². The Morgan fingerprint density at radius 1 is 1.20 bits per heavy atom. The molecule has 0 amide bonds. The second-order valence-corrected chi connectivity index (χ2v) is 2.58. The van der Waals surface area contributed by atoms with Crippen molar-refractivity contribution >= 4 is 5.97 Å². The van der Waals surface area contributed by atoms with Crippen molar-refractivity contribution in [2.75, 3.05) is 13.7 Å². The monoisotopic (exact) mass is 210 g/mol. The Morgan fingerprint density at radius 3 is 2.33 bits per heavy atom. The lowest BCUT2D eigenvalue weighted by atomic mass is 10.2. The average molecular weight is 210 g/mol. The molecule has 0 atom stereocenters. The number of hydrogen-bond donors (Lipinski definition) is 0. The molecule has 1 rings (SSSR count). The predicted octanol–water partition coefficient (Wildman–Crippen LogP) is 2.40. The van der Waals surface area contributed by atoms with E-state index in [0.717, 1.165) is 5.56 Å². The van der Waals surface area contributed by atoms with Crippen molar-refractivity contribution in [2.45, 2.75) is 20.5 Å². The molecule has 0 spiro atoms. The molecule has 0 heterocycles. The first-order chi connectivity index (χ1) is 7.33. The van der Waals surface area contributed by atoms with Crippen LogP contribution in [0.4, 0.5) is 0 Å². The Labute approximate surface area is 91.0 Å². The maximum Gasteiger partial charge on any atom is 0.332 e. The van der Waals surface area contributed by atoms with Crippen LogP contribution in [-0.2, 0) is 20.9 Å². The van der Waals surface area contributed by atoms with Crippen LogP contribution in [0.25, 0.3) is 0 Å². The lowest BCUT2D eigenvalue weighted by molar-refractivity contribution is -0.149. The first kappa shape index (κ1) is 13.7. The maximum atomic E-state index is 10.9. The summed E-state index contributed by atoms with van der Waals surface area (Å²) in [4.78, 5) is 10.9. The molecule has 3 nitrogen and oxygen atoms in total. The van der Waals surface area contributed by atoms with Crippen LogP contribution in [0.1, 0.15) is 19.4 Å².